The zero-order valence-corrected chi connectivity index (χ0v) is 11.4. The molecule has 2 aromatic carbocycles. The molecule has 0 aliphatic rings. The maximum absolute atomic E-state index is 13.6. The summed E-state index contributed by atoms with van der Waals surface area (Å²) in [7, 11) is 0. The Balaban J connectivity index is 2.19. The third-order valence-electron chi connectivity index (χ3n) is 3.02. The maximum atomic E-state index is 13.6. The van der Waals surface area contributed by atoms with Crippen molar-refractivity contribution in [3.05, 3.63) is 64.4 Å². The van der Waals surface area contributed by atoms with E-state index in [4.69, 9.17) is 17.3 Å². The summed E-state index contributed by atoms with van der Waals surface area (Å²) in [4.78, 5) is 0. The van der Waals surface area contributed by atoms with Gasteiger partial charge in [-0.25, -0.2) is 4.39 Å². The lowest BCUT2D eigenvalue weighted by Crippen LogP contribution is -2.20. The first kappa shape index (κ1) is 13.8. The summed E-state index contributed by atoms with van der Waals surface area (Å²) in [6.45, 7) is 2.12. The summed E-state index contributed by atoms with van der Waals surface area (Å²) in [6, 6.07) is 12.4. The molecule has 1 atom stereocenters. The van der Waals surface area contributed by atoms with Gasteiger partial charge in [0.1, 0.15) is 5.82 Å². The molecule has 0 saturated heterocycles. The molecule has 1 unspecified atom stereocenters. The lowest BCUT2D eigenvalue weighted by Gasteiger charge is -2.19. The van der Waals surface area contributed by atoms with Gasteiger partial charge in [-0.05, 0) is 48.4 Å². The first-order valence-corrected chi connectivity index (χ1v) is 6.46. The molecular weight excluding hydrogens is 263 g/mol. The minimum Gasteiger partial charge on any atom is -0.377 e. The second-order valence-electron chi connectivity index (χ2n) is 4.45. The predicted molar refractivity (Wildman–Crippen MR) is 78.0 cm³/mol. The molecule has 2 aromatic rings. The van der Waals surface area contributed by atoms with Crippen LogP contribution < -0.4 is 11.1 Å². The van der Waals surface area contributed by atoms with Crippen molar-refractivity contribution in [2.45, 2.75) is 13.0 Å². The lowest BCUT2D eigenvalue weighted by molar-refractivity contribution is 0.613. The van der Waals surface area contributed by atoms with Gasteiger partial charge in [0.05, 0.1) is 6.04 Å². The van der Waals surface area contributed by atoms with Gasteiger partial charge in [-0.2, -0.15) is 0 Å². The number of hydrogen-bond donors (Lipinski definition) is 2. The fourth-order valence-electron chi connectivity index (χ4n) is 1.85. The summed E-state index contributed by atoms with van der Waals surface area (Å²) in [6.07, 6.45) is 0. The molecule has 100 valence electrons. The van der Waals surface area contributed by atoms with Crippen molar-refractivity contribution in [2.24, 2.45) is 5.73 Å². The third kappa shape index (κ3) is 3.46. The molecule has 0 bridgehead atoms. The van der Waals surface area contributed by atoms with Crippen LogP contribution in [0.1, 0.15) is 17.2 Å². The molecule has 3 N–H and O–H groups in total. The molecule has 0 aliphatic carbocycles. The van der Waals surface area contributed by atoms with Gasteiger partial charge in [0, 0.05) is 17.3 Å². The SMILES string of the molecule is Cc1ccc(C(CN)Nc2ccc(Cl)cc2)cc1F. The van der Waals surface area contributed by atoms with E-state index in [1.54, 1.807) is 25.1 Å². The van der Waals surface area contributed by atoms with Crippen molar-refractivity contribution >= 4 is 17.3 Å². The molecule has 4 heteroatoms. The summed E-state index contributed by atoms with van der Waals surface area (Å²) in [5.41, 5.74) is 8.13. The Hall–Kier alpha value is -1.58. The zero-order chi connectivity index (χ0) is 13.8. The van der Waals surface area contributed by atoms with E-state index in [9.17, 15) is 4.39 Å². The van der Waals surface area contributed by atoms with E-state index in [1.807, 2.05) is 18.2 Å². The van der Waals surface area contributed by atoms with E-state index in [2.05, 4.69) is 5.32 Å². The van der Waals surface area contributed by atoms with E-state index in [0.717, 1.165) is 11.3 Å². The van der Waals surface area contributed by atoms with E-state index < -0.39 is 0 Å². The number of benzene rings is 2. The maximum Gasteiger partial charge on any atom is 0.126 e. The average molecular weight is 279 g/mol. The van der Waals surface area contributed by atoms with Crippen LogP contribution in [0.5, 0.6) is 0 Å². The van der Waals surface area contributed by atoms with Crippen LogP contribution in [0, 0.1) is 12.7 Å². The Morgan fingerprint density at radius 1 is 1.21 bits per heavy atom. The van der Waals surface area contributed by atoms with E-state index >= 15 is 0 Å². The Bertz CT molecular complexity index is 555. The van der Waals surface area contributed by atoms with E-state index in [1.165, 1.54) is 6.07 Å². The highest BCUT2D eigenvalue weighted by molar-refractivity contribution is 6.30. The van der Waals surface area contributed by atoms with Gasteiger partial charge in [0.15, 0.2) is 0 Å². The highest BCUT2D eigenvalue weighted by Gasteiger charge is 2.11. The fourth-order valence-corrected chi connectivity index (χ4v) is 1.98. The van der Waals surface area contributed by atoms with Gasteiger partial charge in [-0.15, -0.1) is 0 Å². The average Bonchev–Trinajstić information content (AvgIpc) is 2.41. The second-order valence-corrected chi connectivity index (χ2v) is 4.88. The smallest absolute Gasteiger partial charge is 0.126 e. The van der Waals surface area contributed by atoms with Gasteiger partial charge >= 0.3 is 0 Å². The van der Waals surface area contributed by atoms with Gasteiger partial charge < -0.3 is 11.1 Å². The highest BCUT2D eigenvalue weighted by atomic mass is 35.5. The highest BCUT2D eigenvalue weighted by Crippen LogP contribution is 2.22. The molecule has 0 aliphatic heterocycles. The Labute approximate surface area is 117 Å². The summed E-state index contributed by atoms with van der Waals surface area (Å²) >= 11 is 5.84. The van der Waals surface area contributed by atoms with Crippen molar-refractivity contribution in [2.75, 3.05) is 11.9 Å². The van der Waals surface area contributed by atoms with Crippen LogP contribution in [0.2, 0.25) is 5.02 Å². The zero-order valence-electron chi connectivity index (χ0n) is 10.7. The molecule has 0 fully saturated rings. The molecule has 0 radical (unpaired) electrons. The summed E-state index contributed by atoms with van der Waals surface area (Å²) < 4.78 is 13.6. The topological polar surface area (TPSA) is 38.0 Å². The quantitative estimate of drug-likeness (QED) is 0.890. The van der Waals surface area contributed by atoms with E-state index in [0.29, 0.717) is 17.1 Å². The third-order valence-corrected chi connectivity index (χ3v) is 3.27. The predicted octanol–water partition coefficient (Wildman–Crippen LogP) is 3.90. The molecule has 19 heavy (non-hydrogen) atoms. The van der Waals surface area contributed by atoms with Crippen LogP contribution in [0.25, 0.3) is 0 Å². The number of hydrogen-bond acceptors (Lipinski definition) is 2. The van der Waals surface area contributed by atoms with Gasteiger partial charge in [0.2, 0.25) is 0 Å². The number of rotatable bonds is 4. The van der Waals surface area contributed by atoms with Crippen molar-refractivity contribution in [1.29, 1.82) is 0 Å². The molecule has 2 rings (SSSR count). The van der Waals surface area contributed by atoms with Gasteiger partial charge in [-0.3, -0.25) is 0 Å². The Morgan fingerprint density at radius 3 is 2.47 bits per heavy atom. The number of nitrogens with two attached hydrogens (primary N) is 1. The Morgan fingerprint density at radius 2 is 1.89 bits per heavy atom. The first-order valence-electron chi connectivity index (χ1n) is 6.08. The van der Waals surface area contributed by atoms with Gasteiger partial charge in [0.25, 0.3) is 0 Å². The molecule has 0 heterocycles. The van der Waals surface area contributed by atoms with Gasteiger partial charge in [-0.1, -0.05) is 23.7 Å². The molecular formula is C15H16ClFN2. The number of nitrogens with one attached hydrogen (secondary N) is 1. The largest absolute Gasteiger partial charge is 0.377 e. The lowest BCUT2D eigenvalue weighted by atomic mass is 10.0. The number of anilines is 1. The minimum absolute atomic E-state index is 0.128. The molecule has 0 spiro atoms. The van der Waals surface area contributed by atoms with Crippen LogP contribution in [-0.4, -0.2) is 6.54 Å². The molecule has 0 saturated carbocycles. The van der Waals surface area contributed by atoms with E-state index in [-0.39, 0.29) is 11.9 Å². The molecule has 0 aromatic heterocycles. The van der Waals surface area contributed by atoms with Crippen molar-refractivity contribution in [3.8, 4) is 0 Å². The van der Waals surface area contributed by atoms with Crippen LogP contribution in [-0.2, 0) is 0 Å². The monoisotopic (exact) mass is 278 g/mol. The summed E-state index contributed by atoms with van der Waals surface area (Å²) in [5, 5.41) is 3.95. The summed E-state index contributed by atoms with van der Waals surface area (Å²) in [5.74, 6) is -0.214. The minimum atomic E-state index is -0.214. The normalized spacial score (nSPS) is 12.2. The number of halogens is 2. The van der Waals surface area contributed by atoms with Crippen LogP contribution in [0.3, 0.4) is 0 Å². The van der Waals surface area contributed by atoms with Crippen LogP contribution in [0.15, 0.2) is 42.5 Å². The Kier molecular flexibility index (Phi) is 4.40. The van der Waals surface area contributed by atoms with Crippen molar-refractivity contribution in [1.82, 2.24) is 0 Å². The van der Waals surface area contributed by atoms with Crippen molar-refractivity contribution in [3.63, 3.8) is 0 Å². The standard InChI is InChI=1S/C15H16ClFN2/c1-10-2-3-11(8-14(10)17)15(9-18)19-13-6-4-12(16)5-7-13/h2-8,15,19H,9,18H2,1H3. The fraction of sp³-hybridized carbons (Fsp3) is 0.200. The van der Waals surface area contributed by atoms with Crippen LogP contribution in [0.4, 0.5) is 10.1 Å². The van der Waals surface area contributed by atoms with Crippen molar-refractivity contribution < 1.29 is 4.39 Å². The van der Waals surface area contributed by atoms with Crippen LogP contribution >= 0.6 is 11.6 Å². The second kappa shape index (κ2) is 6.04. The first-order chi connectivity index (χ1) is 9.10. The molecule has 2 nitrogen and oxygen atoms in total. The number of aryl methyl sites for hydroxylation is 1. The molecule has 0 amide bonds.